The molecule has 0 aromatic rings. The summed E-state index contributed by atoms with van der Waals surface area (Å²) >= 11 is 0. The molecule has 1 heterocycles. The third-order valence-corrected chi connectivity index (χ3v) is 4.74. The highest BCUT2D eigenvalue weighted by Crippen LogP contribution is 2.41. The van der Waals surface area contributed by atoms with Gasteiger partial charge >= 0.3 is 0 Å². The fourth-order valence-corrected chi connectivity index (χ4v) is 3.45. The average Bonchev–Trinajstić information content (AvgIpc) is 3.09. The number of likely N-dealkylation sites (tertiary alicyclic amines) is 1. The van der Waals surface area contributed by atoms with Crippen LogP contribution in [0.25, 0.3) is 0 Å². The van der Waals surface area contributed by atoms with E-state index in [2.05, 4.69) is 44.0 Å². The van der Waals surface area contributed by atoms with Crippen molar-refractivity contribution in [2.24, 2.45) is 17.8 Å². The van der Waals surface area contributed by atoms with Crippen LogP contribution in [0.2, 0.25) is 0 Å². The molecule has 1 N–H and O–H groups in total. The lowest BCUT2D eigenvalue weighted by Crippen LogP contribution is -2.56. The minimum absolute atomic E-state index is 0.306. The summed E-state index contributed by atoms with van der Waals surface area (Å²) in [7, 11) is 0. The maximum atomic E-state index is 9.73. The van der Waals surface area contributed by atoms with E-state index < -0.39 is 0 Å². The molecule has 0 aromatic heterocycles. The minimum atomic E-state index is -0.306. The first kappa shape index (κ1) is 14.8. The van der Waals surface area contributed by atoms with Crippen molar-refractivity contribution in [1.82, 2.24) is 10.2 Å². The fourth-order valence-electron chi connectivity index (χ4n) is 3.45. The zero-order valence-electron chi connectivity index (χ0n) is 12.9. The summed E-state index contributed by atoms with van der Waals surface area (Å²) in [5.41, 5.74) is -0.306. The van der Waals surface area contributed by atoms with Crippen molar-refractivity contribution in [3.8, 4) is 6.07 Å². The van der Waals surface area contributed by atoms with Crippen LogP contribution in [-0.4, -0.2) is 36.1 Å². The Labute approximate surface area is 118 Å². The van der Waals surface area contributed by atoms with Gasteiger partial charge in [-0.05, 0) is 57.4 Å². The molecule has 2 atom stereocenters. The van der Waals surface area contributed by atoms with E-state index in [1.54, 1.807) is 0 Å². The number of hydrogen-bond donors (Lipinski definition) is 1. The molecular formula is C16H29N3. The minimum Gasteiger partial charge on any atom is -0.300 e. The molecule has 3 nitrogen and oxygen atoms in total. The van der Waals surface area contributed by atoms with Gasteiger partial charge in [-0.2, -0.15) is 5.26 Å². The van der Waals surface area contributed by atoms with Crippen LogP contribution >= 0.6 is 0 Å². The molecule has 2 fully saturated rings. The Hall–Kier alpha value is -0.590. The van der Waals surface area contributed by atoms with Crippen molar-refractivity contribution >= 4 is 0 Å². The largest absolute Gasteiger partial charge is 0.300 e. The van der Waals surface area contributed by atoms with E-state index in [-0.39, 0.29) is 5.54 Å². The predicted molar refractivity (Wildman–Crippen MR) is 78.7 cm³/mol. The molecular weight excluding hydrogens is 234 g/mol. The van der Waals surface area contributed by atoms with Crippen LogP contribution in [0.4, 0.5) is 0 Å². The van der Waals surface area contributed by atoms with Crippen molar-refractivity contribution < 1.29 is 0 Å². The third-order valence-electron chi connectivity index (χ3n) is 4.74. The van der Waals surface area contributed by atoms with Crippen LogP contribution in [0.3, 0.4) is 0 Å². The maximum absolute atomic E-state index is 9.73. The molecule has 3 heteroatoms. The van der Waals surface area contributed by atoms with Gasteiger partial charge < -0.3 is 4.90 Å². The summed E-state index contributed by atoms with van der Waals surface area (Å²) in [4.78, 5) is 2.52. The molecule has 108 valence electrons. The fraction of sp³-hybridized carbons (Fsp3) is 0.938. The van der Waals surface area contributed by atoms with Gasteiger partial charge in [0.05, 0.1) is 6.07 Å². The molecule has 2 rings (SSSR count). The Kier molecular flexibility index (Phi) is 4.53. The van der Waals surface area contributed by atoms with Gasteiger partial charge in [-0.1, -0.05) is 13.8 Å². The van der Waals surface area contributed by atoms with Crippen molar-refractivity contribution in [2.75, 3.05) is 19.6 Å². The highest BCUT2D eigenvalue weighted by molar-refractivity contribution is 5.17. The summed E-state index contributed by atoms with van der Waals surface area (Å²) < 4.78 is 0. The van der Waals surface area contributed by atoms with E-state index >= 15 is 0 Å². The number of nitrogens with zero attached hydrogens (tertiary/aromatic N) is 2. The van der Waals surface area contributed by atoms with Gasteiger partial charge in [0.2, 0.25) is 0 Å². The zero-order valence-corrected chi connectivity index (χ0v) is 12.9. The number of hydrogen-bond acceptors (Lipinski definition) is 3. The molecule has 1 saturated heterocycles. The second-order valence-electron chi connectivity index (χ2n) is 7.18. The van der Waals surface area contributed by atoms with Gasteiger partial charge in [0.1, 0.15) is 5.54 Å². The van der Waals surface area contributed by atoms with Crippen LogP contribution in [0.1, 0.15) is 47.0 Å². The monoisotopic (exact) mass is 263 g/mol. The van der Waals surface area contributed by atoms with Crippen LogP contribution in [0.15, 0.2) is 0 Å². The lowest BCUT2D eigenvalue weighted by Gasteiger charge is -2.34. The molecule has 2 aliphatic rings. The second-order valence-corrected chi connectivity index (χ2v) is 7.18. The average molecular weight is 263 g/mol. The number of nitrogens with one attached hydrogen (secondary N) is 1. The SMILES string of the molecule is CC(C)NC(C#N)(CN1CCC(C(C)C)C1)C1CC1. The first-order valence-electron chi connectivity index (χ1n) is 7.88. The van der Waals surface area contributed by atoms with Gasteiger partial charge in [0.15, 0.2) is 0 Å². The summed E-state index contributed by atoms with van der Waals surface area (Å²) in [5, 5.41) is 13.3. The standard InChI is InChI=1S/C16H29N3/c1-12(2)14-7-8-19(9-14)11-16(10-17,15-5-6-15)18-13(3)4/h12-15,18H,5-9,11H2,1-4H3. The summed E-state index contributed by atoms with van der Waals surface area (Å²) in [6.07, 6.45) is 3.73. The van der Waals surface area contributed by atoms with Crippen molar-refractivity contribution in [3.63, 3.8) is 0 Å². The van der Waals surface area contributed by atoms with E-state index in [1.807, 2.05) is 0 Å². The third kappa shape index (κ3) is 3.49. The quantitative estimate of drug-likeness (QED) is 0.800. The molecule has 0 aromatic carbocycles. The number of nitriles is 1. The molecule has 0 bridgehead atoms. The van der Waals surface area contributed by atoms with E-state index in [0.29, 0.717) is 12.0 Å². The Morgan fingerprint density at radius 1 is 1.26 bits per heavy atom. The molecule has 1 aliphatic carbocycles. The Morgan fingerprint density at radius 2 is 1.95 bits per heavy atom. The van der Waals surface area contributed by atoms with Gasteiger partial charge in [-0.25, -0.2) is 0 Å². The van der Waals surface area contributed by atoms with E-state index in [0.717, 1.165) is 18.4 Å². The van der Waals surface area contributed by atoms with Crippen molar-refractivity contribution in [1.29, 1.82) is 5.26 Å². The lowest BCUT2D eigenvalue weighted by atomic mass is 9.92. The molecule has 19 heavy (non-hydrogen) atoms. The van der Waals surface area contributed by atoms with E-state index in [4.69, 9.17) is 0 Å². The van der Waals surface area contributed by atoms with Gasteiger partial charge in [-0.3, -0.25) is 5.32 Å². The highest BCUT2D eigenvalue weighted by atomic mass is 15.2. The van der Waals surface area contributed by atoms with E-state index in [9.17, 15) is 5.26 Å². The maximum Gasteiger partial charge on any atom is 0.122 e. The van der Waals surface area contributed by atoms with Crippen LogP contribution in [-0.2, 0) is 0 Å². The lowest BCUT2D eigenvalue weighted by molar-refractivity contribution is 0.207. The normalized spacial score (nSPS) is 27.7. The molecule has 0 radical (unpaired) electrons. The summed E-state index contributed by atoms with van der Waals surface area (Å²) in [6, 6.07) is 3.01. The van der Waals surface area contributed by atoms with Gasteiger partial charge in [0, 0.05) is 19.1 Å². The van der Waals surface area contributed by atoms with Gasteiger partial charge in [-0.15, -0.1) is 0 Å². The van der Waals surface area contributed by atoms with E-state index in [1.165, 1.54) is 32.4 Å². The number of rotatable bonds is 6. The van der Waals surface area contributed by atoms with Crippen LogP contribution < -0.4 is 5.32 Å². The Morgan fingerprint density at radius 3 is 2.37 bits per heavy atom. The van der Waals surface area contributed by atoms with Crippen LogP contribution in [0, 0.1) is 29.1 Å². The van der Waals surface area contributed by atoms with Gasteiger partial charge in [0.25, 0.3) is 0 Å². The molecule has 0 amide bonds. The Bertz CT molecular complexity index is 340. The smallest absolute Gasteiger partial charge is 0.122 e. The summed E-state index contributed by atoms with van der Waals surface area (Å²) in [5.74, 6) is 2.15. The molecule has 1 aliphatic heterocycles. The molecule has 0 spiro atoms. The molecule has 2 unspecified atom stereocenters. The summed E-state index contributed by atoms with van der Waals surface area (Å²) in [6.45, 7) is 12.2. The highest BCUT2D eigenvalue weighted by Gasteiger charge is 2.47. The first-order chi connectivity index (χ1) is 8.97. The van der Waals surface area contributed by atoms with Crippen LogP contribution in [0.5, 0.6) is 0 Å². The Balaban J connectivity index is 1.99. The first-order valence-corrected chi connectivity index (χ1v) is 7.88. The zero-order chi connectivity index (χ0) is 14.0. The predicted octanol–water partition coefficient (Wildman–Crippen LogP) is 2.63. The second kappa shape index (κ2) is 5.81. The van der Waals surface area contributed by atoms with Crippen molar-refractivity contribution in [2.45, 2.75) is 58.5 Å². The topological polar surface area (TPSA) is 39.1 Å². The van der Waals surface area contributed by atoms with Crippen molar-refractivity contribution in [3.05, 3.63) is 0 Å². The molecule has 1 saturated carbocycles.